The van der Waals surface area contributed by atoms with E-state index in [9.17, 15) is 4.79 Å². The summed E-state index contributed by atoms with van der Waals surface area (Å²) < 4.78 is 2.11. The van der Waals surface area contributed by atoms with E-state index < -0.39 is 0 Å². The number of carbonyl (C=O) groups is 1. The van der Waals surface area contributed by atoms with Gasteiger partial charge in [0.15, 0.2) is 11.0 Å². The van der Waals surface area contributed by atoms with Crippen LogP contribution in [0.4, 0.5) is 0 Å². The second-order valence-corrected chi connectivity index (χ2v) is 7.42. The first-order valence-corrected chi connectivity index (χ1v) is 9.05. The van der Waals surface area contributed by atoms with Crippen LogP contribution < -0.4 is 10.6 Å². The Morgan fingerprint density at radius 3 is 2.50 bits per heavy atom. The lowest BCUT2D eigenvalue weighted by atomic mass is 10.2. The number of quaternary nitrogens is 1. The number of carbonyl (C=O) groups excluding carboxylic acids is 1. The van der Waals surface area contributed by atoms with Crippen LogP contribution in [0.1, 0.15) is 37.7 Å². The standard InChI is InChI=1S/C17H25N5OS/c1-5-14(21(3)4)16-19-20-17(24-12(2)15(18)23)22(16)11-13-9-7-6-8-10-13/h6-10,12,14H,5,11H2,1-4H3,(H2,18,23)/p+1/t12-,14+/m1/s1. The molecular formula is C17H26N5OS+. The van der Waals surface area contributed by atoms with Crippen molar-refractivity contribution in [3.05, 3.63) is 41.7 Å². The first-order valence-electron chi connectivity index (χ1n) is 8.17. The van der Waals surface area contributed by atoms with Crippen molar-refractivity contribution in [1.82, 2.24) is 14.8 Å². The number of hydrogen-bond donors (Lipinski definition) is 2. The number of nitrogens with two attached hydrogens (primary N) is 1. The Balaban J connectivity index is 2.40. The van der Waals surface area contributed by atoms with Crippen LogP contribution in [-0.2, 0) is 11.3 Å². The molecule has 7 heteroatoms. The van der Waals surface area contributed by atoms with Crippen LogP contribution in [0, 0.1) is 0 Å². The fraction of sp³-hybridized carbons (Fsp3) is 0.471. The Labute approximate surface area is 147 Å². The summed E-state index contributed by atoms with van der Waals surface area (Å²) in [4.78, 5) is 12.7. The Kier molecular flexibility index (Phi) is 6.39. The fourth-order valence-electron chi connectivity index (χ4n) is 2.62. The molecule has 2 aromatic rings. The maximum atomic E-state index is 11.4. The molecule has 0 saturated heterocycles. The minimum Gasteiger partial charge on any atom is -0.369 e. The molecule has 1 amide bonds. The molecule has 0 unspecified atom stereocenters. The van der Waals surface area contributed by atoms with Crippen LogP contribution in [0.5, 0.6) is 0 Å². The molecule has 6 nitrogen and oxygen atoms in total. The summed E-state index contributed by atoms with van der Waals surface area (Å²) in [7, 11) is 4.24. The molecule has 0 aliphatic carbocycles. The van der Waals surface area contributed by atoms with Gasteiger partial charge in [0.25, 0.3) is 0 Å². The molecule has 0 fully saturated rings. The molecule has 0 bridgehead atoms. The second-order valence-electron chi connectivity index (χ2n) is 6.11. The van der Waals surface area contributed by atoms with Crippen LogP contribution in [0.3, 0.4) is 0 Å². The first-order chi connectivity index (χ1) is 11.4. The number of primary amides is 1. The number of rotatable bonds is 8. The van der Waals surface area contributed by atoms with Gasteiger partial charge in [0.1, 0.15) is 6.04 Å². The van der Waals surface area contributed by atoms with Gasteiger partial charge in [0.2, 0.25) is 5.91 Å². The number of benzene rings is 1. The largest absolute Gasteiger partial charge is 0.369 e. The van der Waals surface area contributed by atoms with E-state index in [1.54, 1.807) is 6.92 Å². The summed E-state index contributed by atoms with van der Waals surface area (Å²) in [6, 6.07) is 10.5. The smallest absolute Gasteiger partial charge is 0.230 e. The van der Waals surface area contributed by atoms with Crippen molar-refractivity contribution < 1.29 is 9.69 Å². The van der Waals surface area contributed by atoms with E-state index in [2.05, 4.69) is 47.9 Å². The minimum atomic E-state index is -0.346. The molecule has 0 saturated carbocycles. The molecule has 3 N–H and O–H groups in total. The topological polar surface area (TPSA) is 78.2 Å². The summed E-state index contributed by atoms with van der Waals surface area (Å²) in [6.07, 6.45) is 0.964. The highest BCUT2D eigenvalue weighted by molar-refractivity contribution is 8.00. The molecule has 130 valence electrons. The lowest BCUT2D eigenvalue weighted by Gasteiger charge is -2.20. The zero-order valence-electron chi connectivity index (χ0n) is 14.7. The minimum absolute atomic E-state index is 0.249. The lowest BCUT2D eigenvalue weighted by Crippen LogP contribution is -3.06. The number of nitrogens with zero attached hydrogens (tertiary/aromatic N) is 3. The summed E-state index contributed by atoms with van der Waals surface area (Å²) in [5.41, 5.74) is 6.58. The van der Waals surface area contributed by atoms with Gasteiger partial charge in [-0.1, -0.05) is 49.0 Å². The number of thioether (sulfide) groups is 1. The van der Waals surface area contributed by atoms with E-state index in [1.807, 2.05) is 18.2 Å². The Bertz CT molecular complexity index is 671. The number of amides is 1. The third-order valence-corrected chi connectivity index (χ3v) is 5.13. The van der Waals surface area contributed by atoms with Crippen LogP contribution in [0.25, 0.3) is 0 Å². The predicted molar refractivity (Wildman–Crippen MR) is 95.9 cm³/mol. The highest BCUT2D eigenvalue weighted by Crippen LogP contribution is 2.25. The predicted octanol–water partition coefficient (Wildman–Crippen LogP) is 0.888. The summed E-state index contributed by atoms with van der Waals surface area (Å²) in [5.74, 6) is 0.599. The average Bonchev–Trinajstić information content (AvgIpc) is 2.91. The second kappa shape index (κ2) is 8.30. The van der Waals surface area contributed by atoms with E-state index in [0.717, 1.165) is 17.4 Å². The fourth-order valence-corrected chi connectivity index (χ4v) is 3.43. The molecule has 0 radical (unpaired) electrons. The van der Waals surface area contributed by atoms with Crippen molar-refractivity contribution in [3.63, 3.8) is 0 Å². The zero-order chi connectivity index (χ0) is 17.7. The monoisotopic (exact) mass is 348 g/mol. The molecule has 1 aromatic heterocycles. The van der Waals surface area contributed by atoms with Gasteiger partial charge >= 0.3 is 0 Å². The van der Waals surface area contributed by atoms with Crippen molar-refractivity contribution in [2.45, 2.75) is 43.3 Å². The Hall–Kier alpha value is -1.86. The summed E-state index contributed by atoms with van der Waals surface area (Å²) in [6.45, 7) is 4.63. The summed E-state index contributed by atoms with van der Waals surface area (Å²) >= 11 is 1.36. The molecule has 0 spiro atoms. The van der Waals surface area contributed by atoms with Crippen molar-refractivity contribution in [1.29, 1.82) is 0 Å². The third kappa shape index (κ3) is 4.36. The molecule has 0 aliphatic rings. The molecule has 24 heavy (non-hydrogen) atoms. The van der Waals surface area contributed by atoms with Crippen molar-refractivity contribution in [3.8, 4) is 0 Å². The Morgan fingerprint density at radius 1 is 1.29 bits per heavy atom. The van der Waals surface area contributed by atoms with Gasteiger partial charge in [-0.2, -0.15) is 0 Å². The number of hydrogen-bond acceptors (Lipinski definition) is 4. The van der Waals surface area contributed by atoms with E-state index >= 15 is 0 Å². The SMILES string of the molecule is CC[C@@H](c1nnc(S[C@H](C)C(N)=O)n1Cc1ccccc1)[NH+](C)C. The van der Waals surface area contributed by atoms with E-state index in [4.69, 9.17) is 5.73 Å². The quantitative estimate of drug-likeness (QED) is 0.695. The van der Waals surface area contributed by atoms with Gasteiger partial charge in [0, 0.05) is 6.42 Å². The van der Waals surface area contributed by atoms with Crippen molar-refractivity contribution in [2.75, 3.05) is 14.1 Å². The highest BCUT2D eigenvalue weighted by Gasteiger charge is 2.26. The zero-order valence-corrected chi connectivity index (χ0v) is 15.5. The normalized spacial score (nSPS) is 13.9. The third-order valence-electron chi connectivity index (χ3n) is 4.03. The molecular weight excluding hydrogens is 322 g/mol. The lowest BCUT2D eigenvalue weighted by molar-refractivity contribution is -0.893. The van der Waals surface area contributed by atoms with Crippen molar-refractivity contribution >= 4 is 17.7 Å². The molecule has 2 rings (SSSR count). The number of aromatic nitrogens is 3. The molecule has 1 heterocycles. The van der Waals surface area contributed by atoms with E-state index in [1.165, 1.54) is 22.2 Å². The Morgan fingerprint density at radius 2 is 1.96 bits per heavy atom. The van der Waals surface area contributed by atoms with Crippen LogP contribution >= 0.6 is 11.8 Å². The van der Waals surface area contributed by atoms with Crippen LogP contribution in [0.2, 0.25) is 0 Å². The maximum absolute atomic E-state index is 11.4. The van der Waals surface area contributed by atoms with Crippen LogP contribution in [0.15, 0.2) is 35.5 Å². The number of nitrogens with one attached hydrogen (secondary N) is 1. The summed E-state index contributed by atoms with van der Waals surface area (Å²) in [5, 5.41) is 9.17. The van der Waals surface area contributed by atoms with Gasteiger partial charge in [-0.15, -0.1) is 10.2 Å². The van der Waals surface area contributed by atoms with E-state index in [0.29, 0.717) is 6.54 Å². The van der Waals surface area contributed by atoms with Crippen molar-refractivity contribution in [2.24, 2.45) is 5.73 Å². The maximum Gasteiger partial charge on any atom is 0.230 e. The average molecular weight is 348 g/mol. The van der Waals surface area contributed by atoms with Gasteiger partial charge in [0.05, 0.1) is 25.9 Å². The molecule has 0 aliphatic heterocycles. The first kappa shape index (κ1) is 18.5. The van der Waals surface area contributed by atoms with E-state index in [-0.39, 0.29) is 17.2 Å². The molecule has 2 atom stereocenters. The van der Waals surface area contributed by atoms with Gasteiger partial charge < -0.3 is 10.6 Å². The highest BCUT2D eigenvalue weighted by atomic mass is 32.2. The van der Waals surface area contributed by atoms with Gasteiger partial charge in [-0.05, 0) is 12.5 Å². The van der Waals surface area contributed by atoms with Crippen LogP contribution in [-0.4, -0.2) is 40.0 Å². The van der Waals surface area contributed by atoms with Gasteiger partial charge in [-0.25, -0.2) is 0 Å². The molecule has 1 aromatic carbocycles. The van der Waals surface area contributed by atoms with Gasteiger partial charge in [-0.3, -0.25) is 9.36 Å².